The zero-order chi connectivity index (χ0) is 30.2. The maximum absolute atomic E-state index is 6.22. The Kier molecular flexibility index (Phi) is 5.37. The fourth-order valence-electron chi connectivity index (χ4n) is 7.84. The fraction of sp³-hybridized carbons (Fsp3) is 0. The van der Waals surface area contributed by atoms with E-state index < -0.39 is 0 Å². The van der Waals surface area contributed by atoms with Gasteiger partial charge in [-0.15, -0.1) is 0 Å². The minimum Gasteiger partial charge on any atom is -0.464 e. The van der Waals surface area contributed by atoms with Crippen LogP contribution < -0.4 is 20.6 Å². The Bertz CT molecular complexity index is 2460. The molecule has 3 nitrogen and oxygen atoms in total. The van der Waals surface area contributed by atoms with Crippen molar-refractivity contribution in [3.05, 3.63) is 164 Å². The van der Waals surface area contributed by atoms with Gasteiger partial charge in [0.25, 0.3) is 0 Å². The summed E-state index contributed by atoms with van der Waals surface area (Å²) in [4.78, 5) is 5.04. The highest BCUT2D eigenvalue weighted by atomic mass is 16.3. The van der Waals surface area contributed by atoms with Crippen molar-refractivity contribution in [1.29, 1.82) is 0 Å². The molecular weight excluding hydrogens is 559 g/mol. The Morgan fingerprint density at radius 2 is 1.15 bits per heavy atom. The van der Waals surface area contributed by atoms with Gasteiger partial charge in [-0.3, -0.25) is 0 Å². The Balaban J connectivity index is 1.31. The van der Waals surface area contributed by atoms with Crippen LogP contribution >= 0.6 is 0 Å². The summed E-state index contributed by atoms with van der Waals surface area (Å²) in [5.74, 6) is 0. The van der Waals surface area contributed by atoms with Crippen molar-refractivity contribution in [3.63, 3.8) is 0 Å². The summed E-state index contributed by atoms with van der Waals surface area (Å²) in [6.45, 7) is -0.0214. The zero-order valence-corrected chi connectivity index (χ0v) is 25.0. The highest BCUT2D eigenvalue weighted by molar-refractivity contribution is 6.93. The van der Waals surface area contributed by atoms with Gasteiger partial charge in [-0.2, -0.15) is 0 Å². The van der Waals surface area contributed by atoms with Crippen LogP contribution in [-0.4, -0.2) is 6.85 Å². The first kappa shape index (κ1) is 25.3. The van der Waals surface area contributed by atoms with Crippen molar-refractivity contribution in [2.75, 3.05) is 9.71 Å². The average Bonchev–Trinajstić information content (AvgIpc) is 3.61. The molecule has 0 saturated heterocycles. The SMILES string of the molecule is c1ccc(-c2c(N3c4ccccc4B4c5c(cccc53)-c3ccccc3N4c3cccc4ccccc34)ccc3ccoc23)cc1. The number of para-hydroxylation sites is 2. The van der Waals surface area contributed by atoms with E-state index >= 15 is 0 Å². The van der Waals surface area contributed by atoms with Crippen molar-refractivity contribution in [3.8, 4) is 22.3 Å². The minimum absolute atomic E-state index is 0.0214. The number of furan rings is 1. The summed E-state index contributed by atoms with van der Waals surface area (Å²) >= 11 is 0. The number of fused-ring (bicyclic) bond motifs is 6. The number of rotatable bonds is 3. The molecule has 1 aromatic heterocycles. The van der Waals surface area contributed by atoms with Crippen LogP contribution in [0, 0.1) is 0 Å². The molecule has 214 valence electrons. The Morgan fingerprint density at radius 1 is 0.457 bits per heavy atom. The van der Waals surface area contributed by atoms with E-state index in [0.29, 0.717) is 0 Å². The van der Waals surface area contributed by atoms with E-state index in [1.54, 1.807) is 6.26 Å². The summed E-state index contributed by atoms with van der Waals surface area (Å²) < 4.78 is 6.22. The molecule has 0 atom stereocenters. The second kappa shape index (κ2) is 9.75. The van der Waals surface area contributed by atoms with E-state index in [-0.39, 0.29) is 6.85 Å². The lowest BCUT2D eigenvalue weighted by Gasteiger charge is -2.46. The molecule has 0 aliphatic carbocycles. The van der Waals surface area contributed by atoms with E-state index in [1.165, 1.54) is 55.6 Å². The van der Waals surface area contributed by atoms with Crippen LogP contribution in [0.2, 0.25) is 0 Å². The van der Waals surface area contributed by atoms with Crippen molar-refractivity contribution in [2.24, 2.45) is 0 Å². The molecule has 3 heterocycles. The molecule has 4 heteroatoms. The van der Waals surface area contributed by atoms with Crippen LogP contribution in [0.3, 0.4) is 0 Å². The molecule has 46 heavy (non-hydrogen) atoms. The molecule has 7 aromatic carbocycles. The molecule has 10 rings (SSSR count). The molecule has 2 aliphatic rings. The highest BCUT2D eigenvalue weighted by Gasteiger charge is 2.45. The highest BCUT2D eigenvalue weighted by Crippen LogP contribution is 2.49. The number of anilines is 5. The van der Waals surface area contributed by atoms with Crippen LogP contribution in [-0.2, 0) is 0 Å². The Hall–Kier alpha value is -6.00. The second-order valence-electron chi connectivity index (χ2n) is 12.1. The van der Waals surface area contributed by atoms with E-state index in [9.17, 15) is 0 Å². The topological polar surface area (TPSA) is 19.6 Å². The van der Waals surface area contributed by atoms with Crippen molar-refractivity contribution >= 4 is 68.0 Å². The first-order valence-electron chi connectivity index (χ1n) is 15.8. The summed E-state index contributed by atoms with van der Waals surface area (Å²) in [5.41, 5.74) is 14.1. The lowest BCUT2D eigenvalue weighted by Crippen LogP contribution is -2.61. The lowest BCUT2D eigenvalue weighted by molar-refractivity contribution is 0.617. The summed E-state index contributed by atoms with van der Waals surface area (Å²) in [6.07, 6.45) is 1.80. The van der Waals surface area contributed by atoms with Gasteiger partial charge in [0, 0.05) is 44.6 Å². The van der Waals surface area contributed by atoms with Gasteiger partial charge in [-0.05, 0) is 69.9 Å². The van der Waals surface area contributed by atoms with Gasteiger partial charge in [-0.1, -0.05) is 115 Å². The monoisotopic (exact) mass is 586 g/mol. The number of hydrogen-bond acceptors (Lipinski definition) is 3. The molecule has 0 fully saturated rings. The quantitative estimate of drug-likeness (QED) is 0.192. The third-order valence-electron chi connectivity index (χ3n) is 9.71. The van der Waals surface area contributed by atoms with E-state index in [4.69, 9.17) is 4.42 Å². The van der Waals surface area contributed by atoms with Gasteiger partial charge in [0.2, 0.25) is 0 Å². The summed E-state index contributed by atoms with van der Waals surface area (Å²) in [6, 6.07) is 57.1. The van der Waals surface area contributed by atoms with Crippen molar-refractivity contribution < 1.29 is 4.42 Å². The van der Waals surface area contributed by atoms with Gasteiger partial charge >= 0.3 is 6.85 Å². The van der Waals surface area contributed by atoms with E-state index in [1.807, 2.05) is 0 Å². The fourth-order valence-corrected chi connectivity index (χ4v) is 7.84. The van der Waals surface area contributed by atoms with Crippen LogP contribution in [0.15, 0.2) is 168 Å². The maximum atomic E-state index is 6.22. The van der Waals surface area contributed by atoms with Gasteiger partial charge in [0.1, 0.15) is 5.58 Å². The third kappa shape index (κ3) is 3.50. The zero-order valence-electron chi connectivity index (χ0n) is 25.0. The predicted molar refractivity (Wildman–Crippen MR) is 193 cm³/mol. The normalized spacial score (nSPS) is 13.1. The largest absolute Gasteiger partial charge is 0.464 e. The molecule has 8 aromatic rings. The molecule has 0 bridgehead atoms. The third-order valence-corrected chi connectivity index (χ3v) is 9.71. The molecule has 0 amide bonds. The summed E-state index contributed by atoms with van der Waals surface area (Å²) in [7, 11) is 0. The number of nitrogens with zero attached hydrogens (tertiary/aromatic N) is 2. The standard InChI is InChI=1S/C42H27BN2O/c1-2-13-29(14-3-1)40-38(25-24-30-26-27-46-42(30)40)44-37-21-9-7-19-34(37)43-41-33(18-11-23-39(41)44)32-17-6-8-20-36(32)45(43)35-22-10-15-28-12-4-5-16-31(28)35/h1-27H. The van der Waals surface area contributed by atoms with Gasteiger partial charge in [0.15, 0.2) is 0 Å². The molecule has 2 aliphatic heterocycles. The van der Waals surface area contributed by atoms with Crippen molar-refractivity contribution in [2.45, 2.75) is 0 Å². The minimum atomic E-state index is -0.0214. The van der Waals surface area contributed by atoms with Gasteiger partial charge < -0.3 is 14.1 Å². The molecule has 0 radical (unpaired) electrons. The molecule has 0 saturated carbocycles. The smallest absolute Gasteiger partial charge is 0.333 e. The van der Waals surface area contributed by atoms with Gasteiger partial charge in [-0.25, -0.2) is 0 Å². The first-order chi connectivity index (χ1) is 22.9. The molecular formula is C42H27BN2O. The van der Waals surface area contributed by atoms with E-state index in [2.05, 4.69) is 167 Å². The van der Waals surface area contributed by atoms with E-state index in [0.717, 1.165) is 27.8 Å². The Morgan fingerprint density at radius 3 is 2.09 bits per heavy atom. The second-order valence-corrected chi connectivity index (χ2v) is 12.1. The predicted octanol–water partition coefficient (Wildman–Crippen LogP) is 9.96. The Labute approximate surface area is 267 Å². The average molecular weight is 587 g/mol. The van der Waals surface area contributed by atoms with Gasteiger partial charge in [0.05, 0.1) is 12.0 Å². The van der Waals surface area contributed by atoms with Crippen LogP contribution in [0.25, 0.3) is 44.0 Å². The molecule has 0 unspecified atom stereocenters. The first-order valence-corrected chi connectivity index (χ1v) is 15.8. The number of hydrogen-bond donors (Lipinski definition) is 0. The maximum Gasteiger partial charge on any atom is 0.333 e. The summed E-state index contributed by atoms with van der Waals surface area (Å²) in [5, 5.41) is 3.58. The van der Waals surface area contributed by atoms with Crippen molar-refractivity contribution in [1.82, 2.24) is 0 Å². The van der Waals surface area contributed by atoms with Crippen LogP contribution in [0.4, 0.5) is 28.4 Å². The molecule has 0 N–H and O–H groups in total. The van der Waals surface area contributed by atoms with Crippen LogP contribution in [0.1, 0.15) is 0 Å². The molecule has 0 spiro atoms. The number of benzene rings is 7. The lowest BCUT2D eigenvalue weighted by atomic mass is 9.43. The van der Waals surface area contributed by atoms with Crippen LogP contribution in [0.5, 0.6) is 0 Å².